The van der Waals surface area contributed by atoms with Gasteiger partial charge in [-0.2, -0.15) is 0 Å². The average Bonchev–Trinajstić information content (AvgIpc) is 3.38. The summed E-state index contributed by atoms with van der Waals surface area (Å²) in [7, 11) is 0. The molecule has 5 rings (SSSR count). The average molecular weight is 322 g/mol. The SMILES string of the molecule is Fc1ccc2[nH]cc(CN3CCc4cnc(C5CC5)nc4C3)c2c1. The zero-order valence-corrected chi connectivity index (χ0v) is 13.4. The first kappa shape index (κ1) is 14.1. The molecular weight excluding hydrogens is 303 g/mol. The van der Waals surface area contributed by atoms with Crippen molar-refractivity contribution >= 4 is 10.9 Å². The van der Waals surface area contributed by atoms with Gasteiger partial charge < -0.3 is 4.98 Å². The standard InChI is InChI=1S/C19H19FN4/c20-15-3-4-17-16(7-15)14(9-21-17)10-24-6-5-13-8-22-19(12-1-2-12)23-18(13)11-24/h3-4,7-9,12,21H,1-2,5-6,10-11H2. The molecule has 2 aromatic heterocycles. The third-order valence-corrected chi connectivity index (χ3v) is 5.11. The van der Waals surface area contributed by atoms with Crippen LogP contribution in [0.5, 0.6) is 0 Å². The Morgan fingerprint density at radius 3 is 3.08 bits per heavy atom. The predicted octanol–water partition coefficient (Wildman–Crippen LogP) is 3.53. The van der Waals surface area contributed by atoms with Gasteiger partial charge in [-0.05, 0) is 48.6 Å². The fourth-order valence-corrected chi connectivity index (χ4v) is 3.57. The van der Waals surface area contributed by atoms with Gasteiger partial charge in [0.15, 0.2) is 0 Å². The molecular formula is C19H19FN4. The fraction of sp³-hybridized carbons (Fsp3) is 0.368. The molecule has 2 aliphatic rings. The Kier molecular flexibility index (Phi) is 3.16. The van der Waals surface area contributed by atoms with E-state index in [2.05, 4.69) is 14.9 Å². The Morgan fingerprint density at radius 2 is 2.21 bits per heavy atom. The van der Waals surface area contributed by atoms with E-state index in [9.17, 15) is 4.39 Å². The first-order valence-corrected chi connectivity index (χ1v) is 8.59. The van der Waals surface area contributed by atoms with E-state index >= 15 is 0 Å². The van der Waals surface area contributed by atoms with E-state index in [0.29, 0.717) is 5.92 Å². The molecule has 0 unspecified atom stereocenters. The summed E-state index contributed by atoms with van der Waals surface area (Å²) in [4.78, 5) is 15.0. The van der Waals surface area contributed by atoms with Gasteiger partial charge in [-0.1, -0.05) is 0 Å². The van der Waals surface area contributed by atoms with Crippen LogP contribution in [-0.4, -0.2) is 26.4 Å². The Balaban J connectivity index is 1.40. The van der Waals surface area contributed by atoms with Crippen molar-refractivity contribution in [3.63, 3.8) is 0 Å². The lowest BCUT2D eigenvalue weighted by Crippen LogP contribution is -2.31. The van der Waals surface area contributed by atoms with E-state index in [1.54, 1.807) is 12.1 Å². The Hall–Kier alpha value is -2.27. The topological polar surface area (TPSA) is 44.8 Å². The summed E-state index contributed by atoms with van der Waals surface area (Å²) in [6, 6.07) is 4.91. The van der Waals surface area contributed by atoms with E-state index in [4.69, 9.17) is 4.98 Å². The van der Waals surface area contributed by atoms with Crippen molar-refractivity contribution in [3.05, 3.63) is 59.1 Å². The van der Waals surface area contributed by atoms with Crippen molar-refractivity contribution in [2.75, 3.05) is 6.54 Å². The number of rotatable bonds is 3. The normalized spacial score (nSPS) is 18.0. The highest BCUT2D eigenvalue weighted by molar-refractivity contribution is 5.83. The van der Waals surface area contributed by atoms with Crippen LogP contribution in [0.15, 0.2) is 30.6 Å². The van der Waals surface area contributed by atoms with Crippen molar-refractivity contribution in [1.82, 2.24) is 19.9 Å². The summed E-state index contributed by atoms with van der Waals surface area (Å²) < 4.78 is 13.6. The molecule has 1 aromatic carbocycles. The largest absolute Gasteiger partial charge is 0.361 e. The lowest BCUT2D eigenvalue weighted by molar-refractivity contribution is 0.241. The summed E-state index contributed by atoms with van der Waals surface area (Å²) in [6.45, 7) is 2.65. The van der Waals surface area contributed by atoms with Gasteiger partial charge in [-0.25, -0.2) is 14.4 Å². The van der Waals surface area contributed by atoms with E-state index in [1.807, 2.05) is 12.4 Å². The maximum atomic E-state index is 13.6. The van der Waals surface area contributed by atoms with Crippen LogP contribution in [0, 0.1) is 5.82 Å². The zero-order chi connectivity index (χ0) is 16.1. The maximum Gasteiger partial charge on any atom is 0.131 e. The molecule has 1 aliphatic heterocycles. The van der Waals surface area contributed by atoms with E-state index in [1.165, 1.54) is 30.2 Å². The number of H-pyrrole nitrogens is 1. The van der Waals surface area contributed by atoms with Gasteiger partial charge in [-0.3, -0.25) is 4.90 Å². The van der Waals surface area contributed by atoms with Crippen LogP contribution < -0.4 is 0 Å². The lowest BCUT2D eigenvalue weighted by Gasteiger charge is -2.27. The third-order valence-electron chi connectivity index (χ3n) is 5.11. The van der Waals surface area contributed by atoms with Gasteiger partial charge in [-0.15, -0.1) is 0 Å². The molecule has 3 heterocycles. The second-order valence-corrected chi connectivity index (χ2v) is 6.94. The molecule has 0 radical (unpaired) electrons. The Morgan fingerprint density at radius 1 is 1.29 bits per heavy atom. The van der Waals surface area contributed by atoms with Crippen molar-refractivity contribution in [2.24, 2.45) is 0 Å². The molecule has 0 spiro atoms. The van der Waals surface area contributed by atoms with E-state index < -0.39 is 0 Å². The zero-order valence-electron chi connectivity index (χ0n) is 13.4. The second kappa shape index (κ2) is 5.38. The van der Waals surface area contributed by atoms with Crippen LogP contribution in [0.25, 0.3) is 10.9 Å². The minimum absolute atomic E-state index is 0.186. The number of aromatic amines is 1. The first-order chi connectivity index (χ1) is 11.8. The van der Waals surface area contributed by atoms with Gasteiger partial charge in [0.05, 0.1) is 5.69 Å². The summed E-state index contributed by atoms with van der Waals surface area (Å²) in [6.07, 6.45) is 7.45. The maximum absolute atomic E-state index is 13.6. The number of nitrogens with zero attached hydrogens (tertiary/aromatic N) is 3. The van der Waals surface area contributed by atoms with Crippen molar-refractivity contribution in [1.29, 1.82) is 0 Å². The molecule has 1 fully saturated rings. The van der Waals surface area contributed by atoms with Crippen LogP contribution in [-0.2, 0) is 19.5 Å². The number of hydrogen-bond acceptors (Lipinski definition) is 3. The highest BCUT2D eigenvalue weighted by atomic mass is 19.1. The van der Waals surface area contributed by atoms with Crippen LogP contribution in [0.2, 0.25) is 0 Å². The highest BCUT2D eigenvalue weighted by Gasteiger charge is 2.28. The highest BCUT2D eigenvalue weighted by Crippen LogP contribution is 2.38. The number of hydrogen-bond donors (Lipinski definition) is 1. The molecule has 0 atom stereocenters. The fourth-order valence-electron chi connectivity index (χ4n) is 3.57. The Bertz CT molecular complexity index is 913. The predicted molar refractivity (Wildman–Crippen MR) is 90.1 cm³/mol. The van der Waals surface area contributed by atoms with Gasteiger partial charge in [0.25, 0.3) is 0 Å². The second-order valence-electron chi connectivity index (χ2n) is 6.94. The number of benzene rings is 1. The van der Waals surface area contributed by atoms with Crippen LogP contribution in [0.4, 0.5) is 4.39 Å². The molecule has 0 saturated heterocycles. The molecule has 0 amide bonds. The quantitative estimate of drug-likeness (QED) is 0.802. The number of nitrogens with one attached hydrogen (secondary N) is 1. The van der Waals surface area contributed by atoms with Crippen LogP contribution in [0.3, 0.4) is 0 Å². The van der Waals surface area contributed by atoms with Gasteiger partial charge in [0.1, 0.15) is 11.6 Å². The van der Waals surface area contributed by atoms with Crippen LogP contribution >= 0.6 is 0 Å². The molecule has 4 nitrogen and oxygen atoms in total. The number of halogens is 1. The summed E-state index contributed by atoms with van der Waals surface area (Å²) in [5, 5.41) is 0.974. The molecule has 122 valence electrons. The van der Waals surface area contributed by atoms with Crippen molar-refractivity contribution in [3.8, 4) is 0 Å². The summed E-state index contributed by atoms with van der Waals surface area (Å²) >= 11 is 0. The smallest absolute Gasteiger partial charge is 0.131 e. The summed E-state index contributed by atoms with van der Waals surface area (Å²) in [5.41, 5.74) is 4.58. The molecule has 0 bridgehead atoms. The molecule has 5 heteroatoms. The number of fused-ring (bicyclic) bond motifs is 2. The van der Waals surface area contributed by atoms with Gasteiger partial charge in [0.2, 0.25) is 0 Å². The van der Waals surface area contributed by atoms with Gasteiger partial charge in [0, 0.05) is 48.8 Å². The molecule has 1 aliphatic carbocycles. The first-order valence-electron chi connectivity index (χ1n) is 8.59. The third kappa shape index (κ3) is 2.49. The minimum Gasteiger partial charge on any atom is -0.361 e. The molecule has 1 saturated carbocycles. The van der Waals surface area contributed by atoms with Crippen molar-refractivity contribution in [2.45, 2.75) is 38.3 Å². The Labute approximate surface area is 139 Å². The molecule has 1 N–H and O–H groups in total. The monoisotopic (exact) mass is 322 g/mol. The van der Waals surface area contributed by atoms with Crippen molar-refractivity contribution < 1.29 is 4.39 Å². The lowest BCUT2D eigenvalue weighted by atomic mass is 10.1. The minimum atomic E-state index is -0.186. The van der Waals surface area contributed by atoms with Gasteiger partial charge >= 0.3 is 0 Å². The molecule has 3 aromatic rings. The van der Waals surface area contributed by atoms with E-state index in [-0.39, 0.29) is 5.82 Å². The molecule has 24 heavy (non-hydrogen) atoms. The summed E-state index contributed by atoms with van der Waals surface area (Å²) in [5.74, 6) is 1.42. The number of aromatic nitrogens is 3. The van der Waals surface area contributed by atoms with E-state index in [0.717, 1.165) is 48.3 Å². The van der Waals surface area contributed by atoms with Crippen LogP contribution in [0.1, 0.15) is 41.4 Å².